The highest BCUT2D eigenvalue weighted by Crippen LogP contribution is 2.69. The number of para-hydroxylation sites is 1. The summed E-state index contributed by atoms with van der Waals surface area (Å²) in [6.07, 6.45) is 6.22. The molecule has 0 unspecified atom stereocenters. The number of hydrogen-bond acceptors (Lipinski definition) is 4. The Morgan fingerprint density at radius 1 is 1.00 bits per heavy atom. The Morgan fingerprint density at radius 3 is 2.49 bits per heavy atom. The highest BCUT2D eigenvalue weighted by molar-refractivity contribution is 5.94. The molecule has 3 aromatic carbocycles. The average Bonchev–Trinajstić information content (AvgIpc) is 3.44. The van der Waals surface area contributed by atoms with E-state index in [2.05, 4.69) is 55.5 Å². The Bertz CT molecular complexity index is 1440. The van der Waals surface area contributed by atoms with Crippen molar-refractivity contribution in [3.05, 3.63) is 107 Å². The number of rotatable bonds is 6. The molecule has 39 heavy (non-hydrogen) atoms. The largest absolute Gasteiger partial charge is 0.496 e. The van der Waals surface area contributed by atoms with Gasteiger partial charge in [-0.3, -0.25) is 9.59 Å². The lowest BCUT2D eigenvalue weighted by atomic mass is 9.42. The van der Waals surface area contributed by atoms with Gasteiger partial charge in [0.05, 0.1) is 19.6 Å². The third-order valence-electron chi connectivity index (χ3n) is 9.64. The molecule has 200 valence electrons. The molecule has 0 N–H and O–H groups in total. The third kappa shape index (κ3) is 3.66. The molecule has 1 amide bonds. The number of ether oxygens (including phenoxy) is 2. The van der Waals surface area contributed by atoms with E-state index in [0.29, 0.717) is 18.8 Å². The first-order valence-electron chi connectivity index (χ1n) is 13.9. The lowest BCUT2D eigenvalue weighted by Gasteiger charge is -2.59. The van der Waals surface area contributed by atoms with Crippen LogP contribution in [0.3, 0.4) is 0 Å². The van der Waals surface area contributed by atoms with Crippen molar-refractivity contribution < 1.29 is 19.1 Å². The molecule has 3 aromatic rings. The fourth-order valence-corrected chi connectivity index (χ4v) is 7.91. The first-order valence-corrected chi connectivity index (χ1v) is 13.9. The fraction of sp³-hybridized carbons (Fsp3) is 0.353. The number of likely N-dealkylation sites (tertiary alicyclic amines) is 1. The van der Waals surface area contributed by atoms with Gasteiger partial charge in [-0.2, -0.15) is 0 Å². The Balaban J connectivity index is 1.46. The molecule has 1 aliphatic heterocycles. The molecule has 0 radical (unpaired) electrons. The van der Waals surface area contributed by atoms with Crippen LogP contribution >= 0.6 is 0 Å². The highest BCUT2D eigenvalue weighted by Gasteiger charge is 2.71. The molecule has 1 heterocycles. The maximum atomic E-state index is 13.9. The van der Waals surface area contributed by atoms with Gasteiger partial charge in [0.1, 0.15) is 5.75 Å². The van der Waals surface area contributed by atoms with E-state index in [9.17, 15) is 9.59 Å². The number of methoxy groups -OCH3 is 2. The summed E-state index contributed by atoms with van der Waals surface area (Å²) in [7, 11) is 3.11. The number of aryl methyl sites for hydroxylation is 1. The van der Waals surface area contributed by atoms with Gasteiger partial charge in [0.2, 0.25) is 5.91 Å². The van der Waals surface area contributed by atoms with Crippen molar-refractivity contribution in [2.24, 2.45) is 11.3 Å². The molecule has 2 bridgehead atoms. The molecule has 2 fully saturated rings. The Hall–Kier alpha value is -3.86. The number of esters is 1. The summed E-state index contributed by atoms with van der Waals surface area (Å²) < 4.78 is 11.0. The van der Waals surface area contributed by atoms with Gasteiger partial charge < -0.3 is 14.4 Å². The smallest absolute Gasteiger partial charge is 0.314 e. The van der Waals surface area contributed by atoms with Gasteiger partial charge >= 0.3 is 5.97 Å². The second kappa shape index (κ2) is 9.71. The molecule has 5 heteroatoms. The number of carbonyl (C=O) groups is 2. The van der Waals surface area contributed by atoms with Crippen LogP contribution in [0.15, 0.2) is 78.9 Å². The molecular weight excluding hydrogens is 486 g/mol. The number of amides is 1. The zero-order valence-electron chi connectivity index (χ0n) is 22.9. The van der Waals surface area contributed by atoms with Crippen LogP contribution in [-0.4, -0.2) is 44.1 Å². The molecule has 3 aliphatic carbocycles. The van der Waals surface area contributed by atoms with Gasteiger partial charge in [0, 0.05) is 42.0 Å². The minimum Gasteiger partial charge on any atom is -0.496 e. The van der Waals surface area contributed by atoms with E-state index >= 15 is 0 Å². The van der Waals surface area contributed by atoms with E-state index in [1.165, 1.54) is 29.4 Å². The van der Waals surface area contributed by atoms with E-state index in [1.807, 2.05) is 29.2 Å². The molecule has 4 aliphatic rings. The van der Waals surface area contributed by atoms with Crippen LogP contribution < -0.4 is 4.74 Å². The molecule has 4 atom stereocenters. The maximum absolute atomic E-state index is 13.9. The maximum Gasteiger partial charge on any atom is 0.314 e. The zero-order valence-corrected chi connectivity index (χ0v) is 22.9. The van der Waals surface area contributed by atoms with Crippen LogP contribution in [0.4, 0.5) is 0 Å². The second-order valence-corrected chi connectivity index (χ2v) is 11.1. The number of carbonyl (C=O) groups excluding carboxylic acids is 2. The first kappa shape index (κ1) is 25.4. The number of fused-ring (bicyclic) bond motifs is 1. The third-order valence-corrected chi connectivity index (χ3v) is 9.64. The van der Waals surface area contributed by atoms with Crippen molar-refractivity contribution in [3.8, 4) is 5.75 Å². The predicted octanol–water partition coefficient (Wildman–Crippen LogP) is 5.77. The monoisotopic (exact) mass is 521 g/mol. The molecule has 0 spiro atoms. The van der Waals surface area contributed by atoms with Crippen molar-refractivity contribution in [2.45, 2.75) is 37.5 Å². The highest BCUT2D eigenvalue weighted by atomic mass is 16.5. The van der Waals surface area contributed by atoms with Gasteiger partial charge in [-0.05, 0) is 53.7 Å². The van der Waals surface area contributed by atoms with Crippen LogP contribution in [0.25, 0.3) is 6.08 Å². The van der Waals surface area contributed by atoms with Crippen molar-refractivity contribution in [1.82, 2.24) is 4.90 Å². The van der Waals surface area contributed by atoms with E-state index in [-0.39, 0.29) is 29.1 Å². The summed E-state index contributed by atoms with van der Waals surface area (Å²) in [5.74, 6) is 0.343. The minimum atomic E-state index is -0.793. The van der Waals surface area contributed by atoms with E-state index in [4.69, 9.17) is 9.47 Å². The quantitative estimate of drug-likeness (QED) is 0.306. The van der Waals surface area contributed by atoms with Crippen molar-refractivity contribution in [2.75, 3.05) is 27.3 Å². The average molecular weight is 522 g/mol. The molecule has 7 rings (SSSR count). The summed E-state index contributed by atoms with van der Waals surface area (Å²) in [6, 6.07) is 25.1. The van der Waals surface area contributed by atoms with Crippen LogP contribution in [0.5, 0.6) is 5.75 Å². The summed E-state index contributed by atoms with van der Waals surface area (Å²) >= 11 is 0. The molecule has 1 saturated heterocycles. The summed E-state index contributed by atoms with van der Waals surface area (Å²) in [5.41, 5.74) is 4.72. The van der Waals surface area contributed by atoms with Crippen molar-refractivity contribution >= 4 is 18.0 Å². The molecule has 0 aromatic heterocycles. The summed E-state index contributed by atoms with van der Waals surface area (Å²) in [5, 5.41) is 0. The topological polar surface area (TPSA) is 55.8 Å². The van der Waals surface area contributed by atoms with E-state index < -0.39 is 5.41 Å². The summed E-state index contributed by atoms with van der Waals surface area (Å²) in [4.78, 5) is 29.4. The summed E-state index contributed by atoms with van der Waals surface area (Å²) in [6.45, 7) is 3.02. The van der Waals surface area contributed by atoms with Crippen molar-refractivity contribution in [3.63, 3.8) is 0 Å². The van der Waals surface area contributed by atoms with Gasteiger partial charge in [-0.15, -0.1) is 0 Å². The minimum absolute atomic E-state index is 0.0129. The van der Waals surface area contributed by atoms with Crippen LogP contribution in [0.2, 0.25) is 0 Å². The first-order chi connectivity index (χ1) is 19.0. The van der Waals surface area contributed by atoms with E-state index in [0.717, 1.165) is 24.8 Å². The standard InChI is InChI=1S/C34H35NO4/c1-4-23-13-16-25(17-14-23)33-20-19-28(26-10-6-7-11-27(26)33)34(32(37)39-3)22-35(21-30(33)34)31(36)18-15-24-9-5-8-12-29(24)38-2/h5-18,28,30H,4,19-22H2,1-3H3/b18-15+/t28-,30-,33-,34-/m0/s1. The zero-order chi connectivity index (χ0) is 27.2. The number of hydrogen-bond donors (Lipinski definition) is 0. The Kier molecular flexibility index (Phi) is 6.33. The van der Waals surface area contributed by atoms with Crippen molar-refractivity contribution in [1.29, 1.82) is 0 Å². The second-order valence-electron chi connectivity index (χ2n) is 11.1. The van der Waals surface area contributed by atoms with Gasteiger partial charge in [-0.25, -0.2) is 0 Å². The Morgan fingerprint density at radius 2 is 1.74 bits per heavy atom. The molecular formula is C34H35NO4. The lowest BCUT2D eigenvalue weighted by Crippen LogP contribution is -2.60. The van der Waals surface area contributed by atoms with Gasteiger partial charge in [0.15, 0.2) is 0 Å². The van der Waals surface area contributed by atoms with Crippen LogP contribution in [0.1, 0.15) is 53.5 Å². The number of benzene rings is 3. The van der Waals surface area contributed by atoms with E-state index in [1.54, 1.807) is 19.3 Å². The Labute approximate surface area is 230 Å². The van der Waals surface area contributed by atoms with Crippen LogP contribution in [-0.2, 0) is 26.2 Å². The number of nitrogens with zero attached hydrogens (tertiary/aromatic N) is 1. The predicted molar refractivity (Wildman–Crippen MR) is 152 cm³/mol. The van der Waals surface area contributed by atoms with Gasteiger partial charge in [0.25, 0.3) is 0 Å². The normalized spacial score (nSPS) is 26.8. The molecule has 1 saturated carbocycles. The fourth-order valence-electron chi connectivity index (χ4n) is 7.91. The SMILES string of the molecule is CCc1ccc([C@@]23CC[C@@H](c4ccccc42)[C@@]2(C(=O)OC)CN(C(=O)/C=C/c4ccccc4OC)C[C@@H]32)cc1. The molecule has 5 nitrogen and oxygen atoms in total. The lowest BCUT2D eigenvalue weighted by molar-refractivity contribution is -0.161. The van der Waals surface area contributed by atoms with Gasteiger partial charge in [-0.1, -0.05) is 73.7 Å². The van der Waals surface area contributed by atoms with Crippen LogP contribution in [0, 0.1) is 11.3 Å².